The van der Waals surface area contributed by atoms with E-state index in [0.717, 1.165) is 50.0 Å². The summed E-state index contributed by atoms with van der Waals surface area (Å²) in [6.45, 7) is 0.915. The van der Waals surface area contributed by atoms with Crippen LogP contribution in [-0.4, -0.2) is 30.4 Å². The van der Waals surface area contributed by atoms with Crippen molar-refractivity contribution in [2.75, 3.05) is 16.8 Å². The molecule has 2 amide bonds. The zero-order valence-electron chi connectivity index (χ0n) is 15.4. The molecule has 1 saturated carbocycles. The normalized spacial score (nSPS) is 23.9. The molecule has 0 unspecified atom stereocenters. The molecule has 1 atom stereocenters. The Bertz CT molecular complexity index is 680. The monoisotopic (exact) mass is 355 g/mol. The van der Waals surface area contributed by atoms with E-state index in [2.05, 4.69) is 15.5 Å². The largest absolute Gasteiger partial charge is 0.358 e. The fourth-order valence-corrected chi connectivity index (χ4v) is 4.61. The van der Waals surface area contributed by atoms with Crippen molar-refractivity contribution < 1.29 is 9.59 Å². The summed E-state index contributed by atoms with van der Waals surface area (Å²) < 4.78 is 0. The van der Waals surface area contributed by atoms with Crippen LogP contribution in [0.4, 0.5) is 11.4 Å². The van der Waals surface area contributed by atoms with Crippen molar-refractivity contribution in [1.82, 2.24) is 5.32 Å². The SMILES string of the molecule is O=C(NC1CCCCCCC1)c1ccc2c(c1)NC(=O)[C@@H]1CCCCN21. The summed E-state index contributed by atoms with van der Waals surface area (Å²) >= 11 is 0. The highest BCUT2D eigenvalue weighted by Crippen LogP contribution is 2.36. The Kier molecular flexibility index (Phi) is 5.14. The number of anilines is 2. The Morgan fingerprint density at radius 1 is 1.00 bits per heavy atom. The molecule has 140 valence electrons. The van der Waals surface area contributed by atoms with Gasteiger partial charge in [-0.15, -0.1) is 0 Å². The number of hydrogen-bond donors (Lipinski definition) is 2. The van der Waals surface area contributed by atoms with Crippen LogP contribution in [0.1, 0.15) is 74.6 Å². The number of rotatable bonds is 2. The van der Waals surface area contributed by atoms with Gasteiger partial charge in [0.15, 0.2) is 0 Å². The molecule has 0 radical (unpaired) electrons. The minimum atomic E-state index is -0.0501. The first-order chi connectivity index (χ1) is 12.7. The van der Waals surface area contributed by atoms with Crippen LogP contribution in [0.3, 0.4) is 0 Å². The van der Waals surface area contributed by atoms with Crippen molar-refractivity contribution in [2.45, 2.75) is 76.3 Å². The number of hydrogen-bond acceptors (Lipinski definition) is 3. The maximum absolute atomic E-state index is 12.7. The molecule has 3 aliphatic rings. The molecule has 5 nitrogen and oxygen atoms in total. The molecule has 26 heavy (non-hydrogen) atoms. The number of piperidine rings is 1. The van der Waals surface area contributed by atoms with E-state index < -0.39 is 0 Å². The van der Waals surface area contributed by atoms with E-state index in [0.29, 0.717) is 5.56 Å². The first-order valence-corrected chi connectivity index (χ1v) is 10.2. The first-order valence-electron chi connectivity index (χ1n) is 10.2. The molecular weight excluding hydrogens is 326 g/mol. The van der Waals surface area contributed by atoms with Crippen molar-refractivity contribution >= 4 is 23.2 Å². The highest BCUT2D eigenvalue weighted by molar-refractivity contribution is 6.05. The molecule has 0 bridgehead atoms. The summed E-state index contributed by atoms with van der Waals surface area (Å²) in [5.74, 6) is 0.0446. The molecule has 1 aliphatic carbocycles. The first kappa shape index (κ1) is 17.4. The fourth-order valence-electron chi connectivity index (χ4n) is 4.61. The molecule has 2 N–H and O–H groups in total. The van der Waals surface area contributed by atoms with Gasteiger partial charge >= 0.3 is 0 Å². The molecule has 2 fully saturated rings. The summed E-state index contributed by atoms with van der Waals surface area (Å²) in [4.78, 5) is 27.3. The second-order valence-corrected chi connectivity index (χ2v) is 7.94. The Morgan fingerprint density at radius 2 is 1.73 bits per heavy atom. The highest BCUT2D eigenvalue weighted by Gasteiger charge is 2.34. The molecule has 4 rings (SSSR count). The second kappa shape index (κ2) is 7.68. The lowest BCUT2D eigenvalue weighted by atomic mass is 9.95. The molecular formula is C21H29N3O2. The van der Waals surface area contributed by atoms with E-state index >= 15 is 0 Å². The van der Waals surface area contributed by atoms with Crippen molar-refractivity contribution in [2.24, 2.45) is 0 Å². The summed E-state index contributed by atoms with van der Waals surface area (Å²) in [7, 11) is 0. The van der Waals surface area contributed by atoms with Crippen LogP contribution in [-0.2, 0) is 4.79 Å². The third kappa shape index (κ3) is 3.57. The van der Waals surface area contributed by atoms with E-state index in [9.17, 15) is 9.59 Å². The van der Waals surface area contributed by atoms with Crippen LogP contribution in [0.25, 0.3) is 0 Å². The number of nitrogens with zero attached hydrogens (tertiary/aromatic N) is 1. The van der Waals surface area contributed by atoms with Gasteiger partial charge in [0.25, 0.3) is 5.91 Å². The van der Waals surface area contributed by atoms with Gasteiger partial charge in [0.1, 0.15) is 6.04 Å². The minimum absolute atomic E-state index is 0.0200. The Morgan fingerprint density at radius 3 is 2.54 bits per heavy atom. The van der Waals surface area contributed by atoms with Gasteiger partial charge in [0.2, 0.25) is 5.91 Å². The van der Waals surface area contributed by atoms with Gasteiger partial charge in [0, 0.05) is 18.2 Å². The average Bonchev–Trinajstić information content (AvgIpc) is 2.63. The predicted molar refractivity (Wildman–Crippen MR) is 104 cm³/mol. The maximum Gasteiger partial charge on any atom is 0.251 e. The lowest BCUT2D eigenvalue weighted by Crippen LogP contribution is -2.50. The van der Waals surface area contributed by atoms with Crippen molar-refractivity contribution in [3.8, 4) is 0 Å². The van der Waals surface area contributed by atoms with E-state index in [1.165, 1.54) is 32.1 Å². The lowest BCUT2D eigenvalue weighted by molar-refractivity contribution is -0.118. The smallest absolute Gasteiger partial charge is 0.251 e. The van der Waals surface area contributed by atoms with Crippen LogP contribution in [0, 0.1) is 0 Å². The second-order valence-electron chi connectivity index (χ2n) is 7.94. The van der Waals surface area contributed by atoms with Crippen molar-refractivity contribution in [3.63, 3.8) is 0 Å². The lowest BCUT2D eigenvalue weighted by Gasteiger charge is -2.41. The van der Waals surface area contributed by atoms with E-state index in [1.54, 1.807) is 0 Å². The van der Waals surface area contributed by atoms with Gasteiger partial charge in [-0.05, 0) is 50.3 Å². The van der Waals surface area contributed by atoms with Gasteiger partial charge < -0.3 is 15.5 Å². The van der Waals surface area contributed by atoms with Crippen LogP contribution in [0.2, 0.25) is 0 Å². The summed E-state index contributed by atoms with van der Waals surface area (Å²) in [6, 6.07) is 5.97. The summed E-state index contributed by atoms with van der Waals surface area (Å²) in [5, 5.41) is 6.23. The molecule has 2 aliphatic heterocycles. The molecule has 1 aromatic rings. The standard InChI is InChI=1S/C21H29N3O2/c25-20(22-16-8-4-2-1-3-5-9-16)15-11-12-18-17(14-15)23-21(26)19-10-6-7-13-24(18)19/h11-12,14,16,19H,1-10,13H2,(H,22,25)(H,23,26)/t19-/m0/s1. The fraction of sp³-hybridized carbons (Fsp3) is 0.619. The molecule has 5 heteroatoms. The van der Waals surface area contributed by atoms with Gasteiger partial charge in [0.05, 0.1) is 11.4 Å². The zero-order chi connectivity index (χ0) is 17.9. The minimum Gasteiger partial charge on any atom is -0.358 e. The molecule has 1 aromatic carbocycles. The van der Waals surface area contributed by atoms with Crippen LogP contribution < -0.4 is 15.5 Å². The molecule has 0 spiro atoms. The summed E-state index contributed by atoms with van der Waals surface area (Å²) in [6.07, 6.45) is 11.5. The predicted octanol–water partition coefficient (Wildman–Crippen LogP) is 3.84. The topological polar surface area (TPSA) is 61.4 Å². The molecule has 2 heterocycles. The van der Waals surface area contributed by atoms with Gasteiger partial charge in [-0.25, -0.2) is 0 Å². The Hall–Kier alpha value is -2.04. The highest BCUT2D eigenvalue weighted by atomic mass is 16.2. The molecule has 1 saturated heterocycles. The van der Waals surface area contributed by atoms with E-state index in [-0.39, 0.29) is 23.9 Å². The molecule has 0 aromatic heterocycles. The van der Waals surface area contributed by atoms with E-state index in [1.807, 2.05) is 18.2 Å². The number of carbonyl (C=O) groups excluding carboxylic acids is 2. The van der Waals surface area contributed by atoms with Gasteiger partial charge in [-0.3, -0.25) is 9.59 Å². The number of carbonyl (C=O) groups is 2. The van der Waals surface area contributed by atoms with Crippen LogP contribution in [0.5, 0.6) is 0 Å². The maximum atomic E-state index is 12.7. The van der Waals surface area contributed by atoms with Crippen molar-refractivity contribution in [1.29, 1.82) is 0 Å². The average molecular weight is 355 g/mol. The van der Waals surface area contributed by atoms with Crippen LogP contribution >= 0.6 is 0 Å². The van der Waals surface area contributed by atoms with Gasteiger partial charge in [-0.1, -0.05) is 32.1 Å². The third-order valence-electron chi connectivity index (χ3n) is 6.07. The van der Waals surface area contributed by atoms with Gasteiger partial charge in [-0.2, -0.15) is 0 Å². The summed E-state index contributed by atoms with van der Waals surface area (Å²) in [5.41, 5.74) is 2.47. The number of nitrogens with one attached hydrogen (secondary N) is 2. The Labute approximate surface area is 155 Å². The van der Waals surface area contributed by atoms with Crippen molar-refractivity contribution in [3.05, 3.63) is 23.8 Å². The third-order valence-corrected chi connectivity index (χ3v) is 6.07. The number of fused-ring (bicyclic) bond motifs is 3. The number of amides is 2. The van der Waals surface area contributed by atoms with Crippen LogP contribution in [0.15, 0.2) is 18.2 Å². The van der Waals surface area contributed by atoms with E-state index in [4.69, 9.17) is 0 Å². The Balaban J connectivity index is 1.49. The quantitative estimate of drug-likeness (QED) is 0.847. The number of benzene rings is 1. The zero-order valence-corrected chi connectivity index (χ0v) is 15.4.